The number of thiol groups is 1. The molecule has 0 aliphatic heterocycles. The summed E-state index contributed by atoms with van der Waals surface area (Å²) < 4.78 is 20.2. The van der Waals surface area contributed by atoms with Crippen molar-refractivity contribution in [1.82, 2.24) is 0 Å². The minimum Gasteiger partial charge on any atom is -0.375 e. The van der Waals surface area contributed by atoms with Crippen molar-refractivity contribution in [3.8, 4) is 0 Å². The highest BCUT2D eigenvalue weighted by molar-refractivity contribution is 7.82. The van der Waals surface area contributed by atoms with Gasteiger partial charge in [-0.25, -0.2) is 0 Å². The maximum atomic E-state index is 5.08. The molecule has 1 unspecified atom stereocenters. The van der Waals surface area contributed by atoms with Crippen LogP contribution in [0, 0.1) is 0 Å². The van der Waals surface area contributed by atoms with Gasteiger partial charge in [0.25, 0.3) is 0 Å². The molecule has 0 rings (SSSR count). The van der Waals surface area contributed by atoms with Crippen molar-refractivity contribution in [2.75, 3.05) is 28.4 Å². The van der Waals surface area contributed by atoms with Crippen LogP contribution in [-0.2, 0) is 18.0 Å². The molecule has 0 bridgehead atoms. The average Bonchev–Trinajstić information content (AvgIpc) is 2.08. The summed E-state index contributed by atoms with van der Waals surface area (Å²) in [6.45, 7) is 0. The minimum absolute atomic E-state index is 0.442. The fourth-order valence-electron chi connectivity index (χ4n) is 0.697. The zero-order valence-electron chi connectivity index (χ0n) is 7.16. The summed E-state index contributed by atoms with van der Waals surface area (Å²) in [6.07, 6.45) is 0. The molecule has 0 saturated carbocycles. The van der Waals surface area contributed by atoms with E-state index in [1.165, 1.54) is 28.4 Å². The van der Waals surface area contributed by atoms with Crippen molar-refractivity contribution in [3.63, 3.8) is 0 Å². The third kappa shape index (κ3) is 2.43. The highest BCUT2D eigenvalue weighted by atomic mass is 32.1. The van der Waals surface area contributed by atoms with E-state index in [-0.39, 0.29) is 0 Å². The number of ether oxygens (including phenoxy) is 1. The first-order valence-electron chi connectivity index (χ1n) is 3.03. The second-order valence-corrected chi connectivity index (χ2v) is 5.72. The normalized spacial score (nSPS) is 15.0. The number of rotatable bonds is 5. The lowest BCUT2D eigenvalue weighted by Crippen LogP contribution is -2.52. The molecule has 0 N–H and O–H groups in total. The molecular formula is C5H14O4SSi. The first-order chi connectivity index (χ1) is 5.16. The lowest BCUT2D eigenvalue weighted by Gasteiger charge is -2.27. The van der Waals surface area contributed by atoms with Gasteiger partial charge in [0.05, 0.1) is 0 Å². The Morgan fingerprint density at radius 1 is 1.00 bits per heavy atom. The summed E-state index contributed by atoms with van der Waals surface area (Å²) in [5.41, 5.74) is 0. The van der Waals surface area contributed by atoms with Crippen LogP contribution < -0.4 is 0 Å². The van der Waals surface area contributed by atoms with Crippen molar-refractivity contribution < 1.29 is 18.0 Å². The van der Waals surface area contributed by atoms with Crippen LogP contribution in [0.15, 0.2) is 0 Å². The second-order valence-electron chi connectivity index (χ2n) is 1.80. The van der Waals surface area contributed by atoms with E-state index in [1.54, 1.807) is 0 Å². The quantitative estimate of drug-likeness (QED) is 0.392. The Morgan fingerprint density at radius 3 is 1.45 bits per heavy atom. The van der Waals surface area contributed by atoms with Crippen LogP contribution >= 0.6 is 12.6 Å². The van der Waals surface area contributed by atoms with Gasteiger partial charge in [0.15, 0.2) is 5.06 Å². The smallest absolute Gasteiger partial charge is 0.375 e. The maximum Gasteiger partial charge on any atom is 0.541 e. The molecule has 0 aliphatic carbocycles. The first kappa shape index (κ1) is 11.4. The van der Waals surface area contributed by atoms with Gasteiger partial charge in [0.1, 0.15) is 0 Å². The first-order valence-corrected chi connectivity index (χ1v) is 5.35. The van der Waals surface area contributed by atoms with Gasteiger partial charge in [-0.2, -0.15) is 0 Å². The third-order valence-corrected chi connectivity index (χ3v) is 5.09. The standard InChI is InChI=1S/C5H14O4SSi/c1-6-5(10)11(7-2,8-3)9-4/h5,10H,1-4H3. The van der Waals surface area contributed by atoms with Crippen molar-refractivity contribution in [3.05, 3.63) is 0 Å². The zero-order valence-corrected chi connectivity index (χ0v) is 9.05. The van der Waals surface area contributed by atoms with Gasteiger partial charge >= 0.3 is 8.80 Å². The average molecular weight is 198 g/mol. The Labute approximate surface area is 73.6 Å². The molecule has 0 aromatic rings. The molecule has 0 aromatic heterocycles. The van der Waals surface area contributed by atoms with Crippen molar-refractivity contribution in [1.29, 1.82) is 0 Å². The minimum atomic E-state index is -2.68. The summed E-state index contributed by atoms with van der Waals surface area (Å²) in [5, 5.41) is -0.442. The van der Waals surface area contributed by atoms with Crippen LogP contribution in [0.5, 0.6) is 0 Å². The van der Waals surface area contributed by atoms with E-state index in [0.29, 0.717) is 0 Å². The van der Waals surface area contributed by atoms with Gasteiger partial charge < -0.3 is 18.0 Å². The molecule has 4 nitrogen and oxygen atoms in total. The topological polar surface area (TPSA) is 36.9 Å². The summed E-state index contributed by atoms with van der Waals surface area (Å²) in [4.78, 5) is 0. The van der Waals surface area contributed by atoms with E-state index >= 15 is 0 Å². The van der Waals surface area contributed by atoms with Crippen LogP contribution in [0.1, 0.15) is 0 Å². The largest absolute Gasteiger partial charge is 0.541 e. The van der Waals surface area contributed by atoms with E-state index in [0.717, 1.165) is 0 Å². The predicted octanol–water partition coefficient (Wildman–Crippen LogP) is 0.306. The highest BCUT2D eigenvalue weighted by Gasteiger charge is 2.46. The fraction of sp³-hybridized carbons (Fsp3) is 1.00. The van der Waals surface area contributed by atoms with Gasteiger partial charge in [0, 0.05) is 28.4 Å². The molecule has 6 heteroatoms. The summed E-state index contributed by atoms with van der Waals surface area (Å²) >= 11 is 4.12. The Kier molecular flexibility index (Phi) is 5.31. The molecule has 0 spiro atoms. The summed E-state index contributed by atoms with van der Waals surface area (Å²) in [7, 11) is 3.39. The second kappa shape index (κ2) is 5.12. The molecule has 0 saturated heterocycles. The molecule has 0 heterocycles. The number of methoxy groups -OCH3 is 1. The van der Waals surface area contributed by atoms with E-state index in [4.69, 9.17) is 18.0 Å². The van der Waals surface area contributed by atoms with Gasteiger partial charge in [0.2, 0.25) is 0 Å². The van der Waals surface area contributed by atoms with Crippen LogP contribution in [-0.4, -0.2) is 42.3 Å². The Balaban J connectivity index is 4.26. The maximum absolute atomic E-state index is 5.08. The Morgan fingerprint density at radius 2 is 1.36 bits per heavy atom. The molecule has 0 aliphatic rings. The number of hydrogen-bond acceptors (Lipinski definition) is 5. The van der Waals surface area contributed by atoms with Gasteiger partial charge in [-0.05, 0) is 0 Å². The van der Waals surface area contributed by atoms with Crippen molar-refractivity contribution in [2.24, 2.45) is 0 Å². The Hall–Kier alpha value is 0.407. The molecule has 11 heavy (non-hydrogen) atoms. The van der Waals surface area contributed by atoms with Crippen molar-refractivity contribution in [2.45, 2.75) is 5.06 Å². The van der Waals surface area contributed by atoms with E-state index < -0.39 is 13.9 Å². The van der Waals surface area contributed by atoms with E-state index in [9.17, 15) is 0 Å². The molecule has 1 atom stereocenters. The van der Waals surface area contributed by atoms with Crippen LogP contribution in [0.4, 0.5) is 0 Å². The SMILES string of the molecule is COC(S)[Si](OC)(OC)OC. The zero-order chi connectivity index (χ0) is 8.91. The predicted molar refractivity (Wildman–Crippen MR) is 46.6 cm³/mol. The molecule has 68 valence electrons. The van der Waals surface area contributed by atoms with Crippen molar-refractivity contribution >= 4 is 21.4 Å². The fourth-order valence-corrected chi connectivity index (χ4v) is 3.04. The highest BCUT2D eigenvalue weighted by Crippen LogP contribution is 2.16. The van der Waals surface area contributed by atoms with Crippen LogP contribution in [0.3, 0.4) is 0 Å². The van der Waals surface area contributed by atoms with Crippen LogP contribution in [0.2, 0.25) is 0 Å². The third-order valence-electron chi connectivity index (χ3n) is 1.38. The molecule has 0 fully saturated rings. The van der Waals surface area contributed by atoms with Gasteiger partial charge in [-0.15, -0.1) is 12.6 Å². The Bertz CT molecular complexity index is 100. The van der Waals surface area contributed by atoms with E-state index in [1.807, 2.05) is 0 Å². The van der Waals surface area contributed by atoms with Gasteiger partial charge in [-0.1, -0.05) is 0 Å². The van der Waals surface area contributed by atoms with Crippen LogP contribution in [0.25, 0.3) is 0 Å². The lowest BCUT2D eigenvalue weighted by molar-refractivity contribution is 0.0697. The molecular weight excluding hydrogens is 184 g/mol. The summed E-state index contributed by atoms with van der Waals surface area (Å²) in [6, 6.07) is 0. The van der Waals surface area contributed by atoms with Gasteiger partial charge in [-0.3, -0.25) is 0 Å². The molecule has 0 radical (unpaired) electrons. The lowest BCUT2D eigenvalue weighted by atomic mass is 11.5. The molecule has 0 aromatic carbocycles. The molecule has 0 amide bonds. The summed E-state index contributed by atoms with van der Waals surface area (Å²) in [5.74, 6) is 0. The van der Waals surface area contributed by atoms with E-state index in [2.05, 4.69) is 12.6 Å². The number of hydrogen-bond donors (Lipinski definition) is 1. The monoisotopic (exact) mass is 198 g/mol.